The maximum absolute atomic E-state index is 9.65. The van der Waals surface area contributed by atoms with E-state index in [0.717, 1.165) is 40.2 Å². The lowest BCUT2D eigenvalue weighted by Crippen LogP contribution is -2.17. The fraction of sp³-hybridized carbons (Fsp3) is 0.308. The molecule has 0 atom stereocenters. The molecule has 0 aliphatic heterocycles. The molecule has 3 aromatic heterocycles. The van der Waals surface area contributed by atoms with E-state index in [0.29, 0.717) is 16.6 Å². The molecule has 1 aliphatic carbocycles. The van der Waals surface area contributed by atoms with Crippen molar-refractivity contribution in [2.24, 2.45) is 11.8 Å². The summed E-state index contributed by atoms with van der Waals surface area (Å²) in [6, 6.07) is 14.2. The van der Waals surface area contributed by atoms with E-state index < -0.39 is 0 Å². The molecule has 0 saturated heterocycles. The number of pyridine rings is 1. The Balaban J connectivity index is 1.73. The number of nitriles is 1. The third-order valence-electron chi connectivity index (χ3n) is 6.46. The first-order chi connectivity index (χ1) is 15.6. The first-order valence-electron chi connectivity index (χ1n) is 11.1. The number of benzene rings is 1. The van der Waals surface area contributed by atoms with Crippen molar-refractivity contribution in [1.82, 2.24) is 19.5 Å². The van der Waals surface area contributed by atoms with Gasteiger partial charge in [-0.2, -0.15) is 5.26 Å². The van der Waals surface area contributed by atoms with Gasteiger partial charge in [-0.15, -0.1) is 0 Å². The molecule has 1 saturated carbocycles. The van der Waals surface area contributed by atoms with Gasteiger partial charge >= 0.3 is 0 Å². The van der Waals surface area contributed by atoms with Crippen LogP contribution in [0.1, 0.15) is 38.4 Å². The molecule has 0 N–H and O–H groups in total. The molecule has 0 amide bonds. The van der Waals surface area contributed by atoms with Gasteiger partial charge in [0, 0.05) is 36.3 Å². The van der Waals surface area contributed by atoms with Gasteiger partial charge in [-0.05, 0) is 36.3 Å². The SMILES string of the molecule is C[C@H]1CC[C@H](Cn2cc(-c3ccccc3)c3nc(C#N)nc(-c4cncc(Cl)c4)c32)CC1. The van der Waals surface area contributed by atoms with Gasteiger partial charge in [0.05, 0.1) is 10.5 Å². The van der Waals surface area contributed by atoms with Crippen LogP contribution in [0.25, 0.3) is 33.4 Å². The maximum Gasteiger partial charge on any atom is 0.233 e. The summed E-state index contributed by atoms with van der Waals surface area (Å²) in [6.07, 6.45) is 10.5. The smallest absolute Gasteiger partial charge is 0.233 e. The van der Waals surface area contributed by atoms with Crippen molar-refractivity contribution in [3.63, 3.8) is 0 Å². The summed E-state index contributed by atoms with van der Waals surface area (Å²) in [5, 5.41) is 10.2. The zero-order valence-electron chi connectivity index (χ0n) is 18.0. The highest BCUT2D eigenvalue weighted by atomic mass is 35.5. The molecule has 1 fully saturated rings. The topological polar surface area (TPSA) is 67.4 Å². The van der Waals surface area contributed by atoms with Gasteiger partial charge in [0.1, 0.15) is 17.3 Å². The van der Waals surface area contributed by atoms with Gasteiger partial charge in [-0.3, -0.25) is 4.98 Å². The molecule has 5 nitrogen and oxygen atoms in total. The van der Waals surface area contributed by atoms with Crippen molar-refractivity contribution in [2.45, 2.75) is 39.2 Å². The number of aromatic nitrogens is 4. The lowest BCUT2D eigenvalue weighted by atomic mass is 9.83. The van der Waals surface area contributed by atoms with Crippen molar-refractivity contribution < 1.29 is 0 Å². The molecule has 0 bridgehead atoms. The normalized spacial score (nSPS) is 18.5. The van der Waals surface area contributed by atoms with E-state index >= 15 is 0 Å². The second-order valence-corrected chi connectivity index (χ2v) is 9.22. The van der Waals surface area contributed by atoms with Crippen LogP contribution in [0, 0.1) is 23.2 Å². The summed E-state index contributed by atoms with van der Waals surface area (Å²) in [6.45, 7) is 3.25. The van der Waals surface area contributed by atoms with Crippen molar-refractivity contribution in [1.29, 1.82) is 5.26 Å². The number of hydrogen-bond acceptors (Lipinski definition) is 4. The quantitative estimate of drug-likeness (QED) is 0.362. The zero-order chi connectivity index (χ0) is 22.1. The third kappa shape index (κ3) is 3.99. The van der Waals surface area contributed by atoms with Crippen LogP contribution in [0.15, 0.2) is 55.0 Å². The van der Waals surface area contributed by atoms with E-state index in [2.05, 4.69) is 50.8 Å². The van der Waals surface area contributed by atoms with Crippen LogP contribution in [0.4, 0.5) is 0 Å². The van der Waals surface area contributed by atoms with Crippen LogP contribution in [0.2, 0.25) is 5.02 Å². The third-order valence-corrected chi connectivity index (χ3v) is 6.67. The van der Waals surface area contributed by atoms with Gasteiger partial charge in [0.25, 0.3) is 0 Å². The number of halogens is 1. The summed E-state index contributed by atoms with van der Waals surface area (Å²) < 4.78 is 2.29. The van der Waals surface area contributed by atoms with Crippen molar-refractivity contribution in [3.8, 4) is 28.5 Å². The lowest BCUT2D eigenvalue weighted by Gasteiger charge is -2.26. The molecule has 6 heteroatoms. The Labute approximate surface area is 192 Å². The van der Waals surface area contributed by atoms with Gasteiger partial charge in [0.15, 0.2) is 0 Å². The second-order valence-electron chi connectivity index (χ2n) is 8.78. The van der Waals surface area contributed by atoms with Crippen LogP contribution < -0.4 is 0 Å². The Morgan fingerprint density at radius 2 is 1.84 bits per heavy atom. The highest BCUT2D eigenvalue weighted by Crippen LogP contribution is 2.37. The van der Waals surface area contributed by atoms with Crippen molar-refractivity contribution >= 4 is 22.6 Å². The second kappa shape index (κ2) is 8.72. The maximum atomic E-state index is 9.65. The average molecular weight is 442 g/mol. The summed E-state index contributed by atoms with van der Waals surface area (Å²) in [5.41, 5.74) is 5.31. The minimum Gasteiger partial charge on any atom is -0.343 e. The Kier molecular flexibility index (Phi) is 5.63. The first-order valence-corrected chi connectivity index (χ1v) is 11.5. The number of hydrogen-bond donors (Lipinski definition) is 0. The van der Waals surface area contributed by atoms with Crippen LogP contribution in [-0.2, 0) is 6.54 Å². The lowest BCUT2D eigenvalue weighted by molar-refractivity contribution is 0.267. The highest BCUT2D eigenvalue weighted by molar-refractivity contribution is 6.30. The van der Waals surface area contributed by atoms with Gasteiger partial charge in [-0.25, -0.2) is 9.97 Å². The van der Waals surface area contributed by atoms with E-state index in [-0.39, 0.29) is 5.82 Å². The molecule has 0 unspecified atom stereocenters. The molecule has 160 valence electrons. The average Bonchev–Trinajstić information content (AvgIpc) is 3.18. The van der Waals surface area contributed by atoms with E-state index in [9.17, 15) is 5.26 Å². The van der Waals surface area contributed by atoms with Crippen LogP contribution in [0.5, 0.6) is 0 Å². The number of fused-ring (bicyclic) bond motifs is 1. The Morgan fingerprint density at radius 1 is 1.06 bits per heavy atom. The van der Waals surface area contributed by atoms with Crippen LogP contribution >= 0.6 is 11.6 Å². The molecule has 0 radical (unpaired) electrons. The predicted molar refractivity (Wildman–Crippen MR) is 127 cm³/mol. The van der Waals surface area contributed by atoms with E-state index in [1.807, 2.05) is 24.3 Å². The largest absolute Gasteiger partial charge is 0.343 e. The molecular weight excluding hydrogens is 418 g/mol. The zero-order valence-corrected chi connectivity index (χ0v) is 18.8. The number of nitrogens with zero attached hydrogens (tertiary/aromatic N) is 5. The standard InChI is InChI=1S/C26H24ClN5/c1-17-7-9-18(10-8-17)15-32-16-22(19-5-3-2-4-6-19)25-26(32)24(30-23(12-28)31-25)20-11-21(27)14-29-13-20/h2-6,11,13-14,16-18H,7-10,15H2,1H3/t17-,18-. The minimum atomic E-state index is 0.147. The molecule has 1 aliphatic rings. The van der Waals surface area contributed by atoms with E-state index in [1.165, 1.54) is 25.7 Å². The summed E-state index contributed by atoms with van der Waals surface area (Å²) >= 11 is 6.25. The minimum absolute atomic E-state index is 0.147. The van der Waals surface area contributed by atoms with Crippen LogP contribution in [-0.4, -0.2) is 19.5 Å². The molecule has 1 aromatic carbocycles. The van der Waals surface area contributed by atoms with Crippen molar-refractivity contribution in [3.05, 3.63) is 65.8 Å². The molecule has 3 heterocycles. The molecular formula is C26H24ClN5. The van der Waals surface area contributed by atoms with Crippen molar-refractivity contribution in [2.75, 3.05) is 0 Å². The predicted octanol–water partition coefficient (Wildman–Crippen LogP) is 6.51. The fourth-order valence-corrected chi connectivity index (χ4v) is 4.93. The van der Waals surface area contributed by atoms with E-state index in [4.69, 9.17) is 11.6 Å². The number of rotatable bonds is 4. The summed E-state index contributed by atoms with van der Waals surface area (Å²) in [5.74, 6) is 1.57. The molecule has 32 heavy (non-hydrogen) atoms. The van der Waals surface area contributed by atoms with Gasteiger partial charge < -0.3 is 4.57 Å². The fourth-order valence-electron chi connectivity index (χ4n) is 4.75. The van der Waals surface area contributed by atoms with E-state index in [1.54, 1.807) is 12.4 Å². The monoisotopic (exact) mass is 441 g/mol. The summed E-state index contributed by atoms with van der Waals surface area (Å²) in [7, 11) is 0. The van der Waals surface area contributed by atoms with Gasteiger partial charge in [0.2, 0.25) is 5.82 Å². The molecule has 0 spiro atoms. The Morgan fingerprint density at radius 3 is 2.56 bits per heavy atom. The van der Waals surface area contributed by atoms with Crippen LogP contribution in [0.3, 0.4) is 0 Å². The summed E-state index contributed by atoms with van der Waals surface area (Å²) in [4.78, 5) is 13.5. The highest BCUT2D eigenvalue weighted by Gasteiger charge is 2.23. The first kappa shape index (κ1) is 20.7. The van der Waals surface area contributed by atoms with Gasteiger partial charge in [-0.1, -0.05) is 61.7 Å². The Hall–Kier alpha value is -3.23. The Bertz CT molecular complexity index is 1300. The molecule has 4 aromatic rings. The molecule has 5 rings (SSSR count).